The van der Waals surface area contributed by atoms with Crippen molar-refractivity contribution in [2.75, 3.05) is 19.0 Å². The zero-order chi connectivity index (χ0) is 21.3. The Labute approximate surface area is 180 Å². The van der Waals surface area contributed by atoms with E-state index in [0.717, 1.165) is 34.7 Å². The number of carbonyl (C=O) groups excluding carboxylic acids is 1. The second kappa shape index (κ2) is 8.51. The first-order chi connectivity index (χ1) is 14.3. The fourth-order valence-corrected chi connectivity index (χ4v) is 4.74. The summed E-state index contributed by atoms with van der Waals surface area (Å²) in [6.07, 6.45) is 3.49. The molecule has 1 aromatic carbocycles. The van der Waals surface area contributed by atoms with Crippen LogP contribution >= 0.6 is 11.8 Å². The lowest BCUT2D eigenvalue weighted by Gasteiger charge is -2.23. The molecule has 0 aliphatic carbocycles. The summed E-state index contributed by atoms with van der Waals surface area (Å²) in [4.78, 5) is 17.4. The minimum atomic E-state index is -0.410. The van der Waals surface area contributed by atoms with Crippen LogP contribution in [0.3, 0.4) is 0 Å². The molecule has 0 saturated carbocycles. The number of aromatic nitrogens is 2. The number of hydrogen-bond donors (Lipinski definition) is 1. The Kier molecular flexibility index (Phi) is 5.97. The number of thioether (sulfide) groups is 1. The number of carbonyl (C=O) groups is 1. The highest BCUT2D eigenvalue weighted by Crippen LogP contribution is 2.34. The van der Waals surface area contributed by atoms with Gasteiger partial charge < -0.3 is 10.1 Å². The second-order valence-corrected chi connectivity index (χ2v) is 9.66. The Morgan fingerprint density at radius 1 is 1.23 bits per heavy atom. The van der Waals surface area contributed by atoms with Crippen LogP contribution in [0, 0.1) is 5.82 Å². The fraction of sp³-hybridized carbons (Fsp3) is 0.500. The number of rotatable bonds is 4. The summed E-state index contributed by atoms with van der Waals surface area (Å²) in [7, 11) is 0. The van der Waals surface area contributed by atoms with Crippen molar-refractivity contribution in [1.29, 1.82) is 0 Å². The molecule has 1 unspecified atom stereocenters. The average molecular weight is 431 g/mol. The number of nitrogens with zero attached hydrogens (tertiary/aromatic N) is 3. The molecule has 160 valence electrons. The van der Waals surface area contributed by atoms with Crippen LogP contribution in [-0.2, 0) is 15.1 Å². The zero-order valence-corrected chi connectivity index (χ0v) is 18.3. The van der Waals surface area contributed by atoms with Gasteiger partial charge in [0, 0.05) is 30.6 Å². The van der Waals surface area contributed by atoms with Crippen LogP contribution in [0.4, 0.5) is 4.39 Å². The monoisotopic (exact) mass is 430 g/mol. The first kappa shape index (κ1) is 21.1. The molecule has 0 bridgehead atoms. The van der Waals surface area contributed by atoms with Gasteiger partial charge in [-0.1, -0.05) is 0 Å². The molecule has 2 aliphatic heterocycles. The van der Waals surface area contributed by atoms with Gasteiger partial charge in [0.2, 0.25) is 5.91 Å². The van der Waals surface area contributed by atoms with Gasteiger partial charge in [-0.15, -0.1) is 11.8 Å². The van der Waals surface area contributed by atoms with Gasteiger partial charge in [0.25, 0.3) is 0 Å². The van der Waals surface area contributed by atoms with E-state index in [1.165, 1.54) is 12.1 Å². The van der Waals surface area contributed by atoms with Gasteiger partial charge in [0.05, 0.1) is 23.0 Å². The lowest BCUT2D eigenvalue weighted by atomic mass is 10.0. The smallest absolute Gasteiger partial charge is 0.245 e. The molecule has 0 radical (unpaired) electrons. The first-order valence-corrected chi connectivity index (χ1v) is 11.2. The first-order valence-electron chi connectivity index (χ1n) is 10.3. The highest BCUT2D eigenvalue weighted by atomic mass is 32.2. The summed E-state index contributed by atoms with van der Waals surface area (Å²) < 4.78 is 20.8. The number of ether oxygens (including phenoxy) is 1. The fourth-order valence-electron chi connectivity index (χ4n) is 3.69. The molecule has 30 heavy (non-hydrogen) atoms. The second-order valence-electron chi connectivity index (χ2n) is 8.65. The molecule has 1 atom stereocenters. The Morgan fingerprint density at radius 2 is 1.93 bits per heavy atom. The largest absolute Gasteiger partial charge is 0.381 e. The van der Waals surface area contributed by atoms with Crippen molar-refractivity contribution in [3.63, 3.8) is 0 Å². The van der Waals surface area contributed by atoms with Crippen molar-refractivity contribution in [2.45, 2.75) is 51.2 Å². The van der Waals surface area contributed by atoms with Crippen molar-refractivity contribution in [2.24, 2.45) is 4.99 Å². The van der Waals surface area contributed by atoms with Gasteiger partial charge >= 0.3 is 0 Å². The summed E-state index contributed by atoms with van der Waals surface area (Å²) in [6, 6.07) is 6.17. The maximum absolute atomic E-state index is 13.5. The van der Waals surface area contributed by atoms with Gasteiger partial charge in [-0.2, -0.15) is 5.10 Å². The van der Waals surface area contributed by atoms with Crippen LogP contribution in [0.1, 0.15) is 39.2 Å². The predicted molar refractivity (Wildman–Crippen MR) is 117 cm³/mol. The molecule has 0 spiro atoms. The lowest BCUT2D eigenvalue weighted by molar-refractivity contribution is -0.123. The van der Waals surface area contributed by atoms with Gasteiger partial charge in [-0.05, 0) is 57.9 Å². The molecule has 8 heteroatoms. The third kappa shape index (κ3) is 4.44. The van der Waals surface area contributed by atoms with Crippen molar-refractivity contribution in [1.82, 2.24) is 15.1 Å². The Hall–Kier alpha value is -2.19. The summed E-state index contributed by atoms with van der Waals surface area (Å²) in [5.74, 6) is 0.295. The van der Waals surface area contributed by atoms with E-state index in [1.807, 2.05) is 4.68 Å². The molecule has 1 fully saturated rings. The van der Waals surface area contributed by atoms with Gasteiger partial charge in [-0.25, -0.2) is 4.39 Å². The Balaban J connectivity index is 1.62. The Bertz CT molecular complexity index is 943. The summed E-state index contributed by atoms with van der Waals surface area (Å²) in [5, 5.41) is 8.52. The van der Waals surface area contributed by atoms with E-state index in [4.69, 9.17) is 9.73 Å². The van der Waals surface area contributed by atoms with Crippen LogP contribution in [0.15, 0.2) is 35.5 Å². The van der Waals surface area contributed by atoms with E-state index in [-0.39, 0.29) is 23.3 Å². The van der Waals surface area contributed by atoms with Crippen LogP contribution in [0.5, 0.6) is 0 Å². The van der Waals surface area contributed by atoms with Crippen molar-refractivity contribution >= 4 is 22.7 Å². The zero-order valence-electron chi connectivity index (χ0n) is 17.5. The third-order valence-corrected chi connectivity index (χ3v) is 6.36. The molecular formula is C22H27FN4O2S. The minimum Gasteiger partial charge on any atom is -0.381 e. The molecular weight excluding hydrogens is 403 g/mol. The molecule has 3 heterocycles. The lowest BCUT2D eigenvalue weighted by Crippen LogP contribution is -2.43. The number of nitrogens with one attached hydrogen (secondary N) is 1. The van der Waals surface area contributed by atoms with E-state index >= 15 is 0 Å². The standard InChI is InChI=1S/C22H27FN4O2S/c1-22(2,3)27-19(14-4-6-15(23)7-5-14)17(12-24-27)21-26-18(13-30-21)20(28)25-16-8-10-29-11-9-16/h4-7,12,16,18H,8-11,13H2,1-3H3,(H,25,28). The van der Waals surface area contributed by atoms with E-state index in [2.05, 4.69) is 31.2 Å². The summed E-state index contributed by atoms with van der Waals surface area (Å²) in [6.45, 7) is 7.59. The maximum atomic E-state index is 13.5. The van der Waals surface area contributed by atoms with Crippen LogP contribution < -0.4 is 5.32 Å². The van der Waals surface area contributed by atoms with Gasteiger partial charge in [-0.3, -0.25) is 14.5 Å². The molecule has 2 aliphatic rings. The summed E-state index contributed by atoms with van der Waals surface area (Å²) >= 11 is 1.57. The van der Waals surface area contributed by atoms with E-state index in [1.54, 1.807) is 30.1 Å². The number of benzene rings is 1. The molecule has 1 amide bonds. The van der Waals surface area contributed by atoms with Gasteiger partial charge in [0.15, 0.2) is 0 Å². The number of amides is 1. The van der Waals surface area contributed by atoms with Crippen LogP contribution in [0.25, 0.3) is 11.3 Å². The highest BCUT2D eigenvalue weighted by molar-refractivity contribution is 8.14. The Morgan fingerprint density at radius 3 is 2.60 bits per heavy atom. The molecule has 1 saturated heterocycles. The molecule has 6 nitrogen and oxygen atoms in total. The molecule has 2 aromatic rings. The third-order valence-electron chi connectivity index (χ3n) is 5.27. The van der Waals surface area contributed by atoms with E-state index < -0.39 is 6.04 Å². The maximum Gasteiger partial charge on any atom is 0.245 e. The van der Waals surface area contributed by atoms with Crippen molar-refractivity contribution in [3.05, 3.63) is 41.8 Å². The minimum absolute atomic E-state index is 0.0315. The van der Waals surface area contributed by atoms with E-state index in [9.17, 15) is 9.18 Å². The predicted octanol–water partition coefficient (Wildman–Crippen LogP) is 3.60. The highest BCUT2D eigenvalue weighted by Gasteiger charge is 2.31. The molecule has 1 aromatic heterocycles. The average Bonchev–Trinajstić information content (AvgIpc) is 3.36. The van der Waals surface area contributed by atoms with E-state index in [0.29, 0.717) is 19.0 Å². The van der Waals surface area contributed by atoms with Gasteiger partial charge in [0.1, 0.15) is 16.9 Å². The number of hydrogen-bond acceptors (Lipinski definition) is 5. The van der Waals surface area contributed by atoms with Crippen LogP contribution in [-0.4, -0.2) is 51.8 Å². The number of aliphatic imine (C=N–C) groups is 1. The quantitative estimate of drug-likeness (QED) is 0.805. The SMILES string of the molecule is CC(C)(C)n1ncc(C2=NC(C(=O)NC3CCOCC3)CS2)c1-c1ccc(F)cc1. The van der Waals surface area contributed by atoms with Crippen molar-refractivity contribution < 1.29 is 13.9 Å². The summed E-state index contributed by atoms with van der Waals surface area (Å²) in [5.41, 5.74) is 2.38. The molecule has 4 rings (SSSR count). The van der Waals surface area contributed by atoms with Crippen LogP contribution in [0.2, 0.25) is 0 Å². The normalized spacial score (nSPS) is 20.3. The number of halogens is 1. The molecule has 1 N–H and O–H groups in total. The van der Waals surface area contributed by atoms with Crippen molar-refractivity contribution in [3.8, 4) is 11.3 Å². The topological polar surface area (TPSA) is 68.5 Å².